The van der Waals surface area contributed by atoms with Crippen molar-refractivity contribution in [1.82, 2.24) is 4.98 Å². The van der Waals surface area contributed by atoms with E-state index in [9.17, 15) is 4.79 Å². The van der Waals surface area contributed by atoms with E-state index in [4.69, 9.17) is 0 Å². The fourth-order valence-electron chi connectivity index (χ4n) is 2.25. The summed E-state index contributed by atoms with van der Waals surface area (Å²) in [4.78, 5) is 18.0. The highest BCUT2D eigenvalue weighted by atomic mass is 16.2. The van der Waals surface area contributed by atoms with Crippen LogP contribution in [0.4, 0.5) is 11.5 Å². The molecule has 3 rings (SSSR count). The van der Waals surface area contributed by atoms with E-state index < -0.39 is 0 Å². The first-order valence-corrected chi connectivity index (χ1v) is 4.89. The molecule has 1 aromatic heterocycles. The number of hydrogen-bond donors (Lipinski definition) is 1. The van der Waals surface area contributed by atoms with Crippen molar-refractivity contribution in [3.8, 4) is 0 Å². The summed E-state index contributed by atoms with van der Waals surface area (Å²) in [5.74, 6) is 0.796. The van der Waals surface area contributed by atoms with Gasteiger partial charge < -0.3 is 10.2 Å². The average Bonchev–Trinajstić information content (AvgIpc) is 2.67. The topological polar surface area (TPSA) is 45.2 Å². The zero-order chi connectivity index (χ0) is 9.54. The highest BCUT2D eigenvalue weighted by Gasteiger charge is 2.36. The second kappa shape index (κ2) is 2.70. The van der Waals surface area contributed by atoms with Gasteiger partial charge in [0, 0.05) is 12.7 Å². The van der Waals surface area contributed by atoms with Gasteiger partial charge in [0.05, 0.1) is 5.69 Å². The van der Waals surface area contributed by atoms with E-state index in [1.54, 1.807) is 6.20 Å². The molecule has 1 fully saturated rings. The molecule has 0 saturated carbocycles. The number of hydrogen-bond acceptors (Lipinski definition) is 3. The molecule has 2 aliphatic heterocycles. The van der Waals surface area contributed by atoms with Crippen molar-refractivity contribution in [2.45, 2.75) is 18.9 Å². The number of pyridine rings is 1. The van der Waals surface area contributed by atoms with Gasteiger partial charge in [-0.3, -0.25) is 4.79 Å². The lowest BCUT2D eigenvalue weighted by Gasteiger charge is -2.31. The Kier molecular flexibility index (Phi) is 1.50. The number of carbonyl (C=O) groups is 1. The van der Waals surface area contributed by atoms with Crippen LogP contribution in [0.5, 0.6) is 0 Å². The van der Waals surface area contributed by atoms with Crippen LogP contribution in [0.25, 0.3) is 0 Å². The standard InChI is InChI=1S/C10H11N3O/c14-10-8-4-2-6-13(8)7-3-1-5-11-9(7)12-10/h1,3,5,8H,2,4,6H2,(H,11,12,14). The SMILES string of the molecule is O=C1Nc2ncccc2N2CCCC12. The van der Waals surface area contributed by atoms with Gasteiger partial charge in [-0.05, 0) is 25.0 Å². The first kappa shape index (κ1) is 7.79. The summed E-state index contributed by atoms with van der Waals surface area (Å²) < 4.78 is 0. The van der Waals surface area contributed by atoms with Crippen molar-refractivity contribution in [2.24, 2.45) is 0 Å². The normalized spacial score (nSPS) is 24.1. The maximum Gasteiger partial charge on any atom is 0.248 e. The Morgan fingerprint density at radius 1 is 1.57 bits per heavy atom. The number of nitrogens with zero attached hydrogens (tertiary/aromatic N) is 2. The number of carbonyl (C=O) groups excluding carboxylic acids is 1. The molecule has 0 bridgehead atoms. The Balaban J connectivity index is 2.11. The second-order valence-corrected chi connectivity index (χ2v) is 3.71. The van der Waals surface area contributed by atoms with Gasteiger partial charge in [-0.2, -0.15) is 0 Å². The molecule has 72 valence electrons. The Morgan fingerprint density at radius 2 is 2.50 bits per heavy atom. The molecular formula is C10H11N3O. The van der Waals surface area contributed by atoms with Gasteiger partial charge in [-0.25, -0.2) is 4.98 Å². The minimum absolute atomic E-state index is 0.0340. The molecule has 0 aromatic carbocycles. The summed E-state index contributed by atoms with van der Waals surface area (Å²) in [7, 11) is 0. The molecule has 0 spiro atoms. The zero-order valence-corrected chi connectivity index (χ0v) is 7.73. The van der Waals surface area contributed by atoms with Gasteiger partial charge in [0.1, 0.15) is 6.04 Å². The molecule has 1 N–H and O–H groups in total. The fraction of sp³-hybridized carbons (Fsp3) is 0.400. The van der Waals surface area contributed by atoms with Crippen molar-refractivity contribution >= 4 is 17.4 Å². The van der Waals surface area contributed by atoms with E-state index in [0.717, 1.165) is 25.1 Å². The number of fused-ring (bicyclic) bond motifs is 3. The third-order valence-electron chi connectivity index (χ3n) is 2.89. The lowest BCUT2D eigenvalue weighted by molar-refractivity contribution is -0.117. The van der Waals surface area contributed by atoms with Crippen LogP contribution in [0.15, 0.2) is 18.3 Å². The minimum atomic E-state index is 0.0340. The summed E-state index contributed by atoms with van der Waals surface area (Å²) in [6.45, 7) is 0.969. The maximum absolute atomic E-state index is 11.6. The van der Waals surface area contributed by atoms with Crippen molar-refractivity contribution < 1.29 is 4.79 Å². The van der Waals surface area contributed by atoms with Crippen molar-refractivity contribution in [3.05, 3.63) is 18.3 Å². The second-order valence-electron chi connectivity index (χ2n) is 3.71. The Bertz CT molecular complexity index is 391. The van der Waals surface area contributed by atoms with E-state index in [-0.39, 0.29) is 11.9 Å². The summed E-state index contributed by atoms with van der Waals surface area (Å²) in [5.41, 5.74) is 1.06. The van der Waals surface area contributed by atoms with Crippen LogP contribution >= 0.6 is 0 Å². The number of amides is 1. The van der Waals surface area contributed by atoms with Crippen molar-refractivity contribution in [2.75, 3.05) is 16.8 Å². The van der Waals surface area contributed by atoms with Crippen LogP contribution in [-0.4, -0.2) is 23.5 Å². The van der Waals surface area contributed by atoms with E-state index >= 15 is 0 Å². The molecule has 1 saturated heterocycles. The monoisotopic (exact) mass is 189 g/mol. The van der Waals surface area contributed by atoms with Crippen LogP contribution in [0, 0.1) is 0 Å². The molecule has 2 aliphatic rings. The van der Waals surface area contributed by atoms with Crippen LogP contribution in [0.1, 0.15) is 12.8 Å². The molecule has 1 atom stereocenters. The predicted octanol–water partition coefficient (Wildman–Crippen LogP) is 1.00. The van der Waals surface area contributed by atoms with E-state index in [1.165, 1.54) is 0 Å². The van der Waals surface area contributed by atoms with Crippen LogP contribution < -0.4 is 10.2 Å². The number of rotatable bonds is 0. The number of aromatic nitrogens is 1. The van der Waals surface area contributed by atoms with Gasteiger partial charge in [-0.15, -0.1) is 0 Å². The number of anilines is 2. The van der Waals surface area contributed by atoms with Crippen molar-refractivity contribution in [1.29, 1.82) is 0 Å². The maximum atomic E-state index is 11.6. The molecule has 0 aliphatic carbocycles. The molecule has 1 aromatic rings. The van der Waals surface area contributed by atoms with Gasteiger partial charge in [0.15, 0.2) is 5.82 Å². The molecule has 4 heteroatoms. The fourth-order valence-corrected chi connectivity index (χ4v) is 2.25. The van der Waals surface area contributed by atoms with Gasteiger partial charge in [-0.1, -0.05) is 0 Å². The summed E-state index contributed by atoms with van der Waals surface area (Å²) in [6.07, 6.45) is 3.75. The molecule has 14 heavy (non-hydrogen) atoms. The molecule has 0 radical (unpaired) electrons. The summed E-state index contributed by atoms with van der Waals surface area (Å²) >= 11 is 0. The summed E-state index contributed by atoms with van der Waals surface area (Å²) in [6, 6.07) is 3.96. The average molecular weight is 189 g/mol. The van der Waals surface area contributed by atoms with Crippen LogP contribution in [-0.2, 0) is 4.79 Å². The van der Waals surface area contributed by atoms with E-state index in [1.807, 2.05) is 12.1 Å². The lowest BCUT2D eigenvalue weighted by atomic mass is 10.1. The highest BCUT2D eigenvalue weighted by Crippen LogP contribution is 2.34. The predicted molar refractivity (Wildman–Crippen MR) is 53.2 cm³/mol. The van der Waals surface area contributed by atoms with Gasteiger partial charge >= 0.3 is 0 Å². The van der Waals surface area contributed by atoms with Crippen molar-refractivity contribution in [3.63, 3.8) is 0 Å². The smallest absolute Gasteiger partial charge is 0.248 e. The quantitative estimate of drug-likeness (QED) is 0.662. The molecule has 3 heterocycles. The van der Waals surface area contributed by atoms with E-state index in [2.05, 4.69) is 15.2 Å². The highest BCUT2D eigenvalue weighted by molar-refractivity contribution is 6.02. The minimum Gasteiger partial charge on any atom is -0.357 e. The third-order valence-corrected chi connectivity index (χ3v) is 2.89. The molecular weight excluding hydrogens is 178 g/mol. The largest absolute Gasteiger partial charge is 0.357 e. The van der Waals surface area contributed by atoms with Crippen LogP contribution in [0.3, 0.4) is 0 Å². The van der Waals surface area contributed by atoms with Crippen LogP contribution in [0.2, 0.25) is 0 Å². The first-order valence-electron chi connectivity index (χ1n) is 4.89. The molecule has 4 nitrogen and oxygen atoms in total. The molecule has 1 amide bonds. The lowest BCUT2D eigenvalue weighted by Crippen LogP contribution is -2.44. The Morgan fingerprint density at radius 3 is 3.43 bits per heavy atom. The van der Waals surface area contributed by atoms with Gasteiger partial charge in [0.25, 0.3) is 0 Å². The summed E-state index contributed by atoms with van der Waals surface area (Å²) in [5, 5.41) is 2.84. The Hall–Kier alpha value is -1.58. The first-order chi connectivity index (χ1) is 6.86. The third kappa shape index (κ3) is 0.937. The van der Waals surface area contributed by atoms with Gasteiger partial charge in [0.2, 0.25) is 5.91 Å². The van der Waals surface area contributed by atoms with E-state index in [0.29, 0.717) is 5.82 Å². The number of nitrogens with one attached hydrogen (secondary N) is 1. The molecule has 1 unspecified atom stereocenters. The zero-order valence-electron chi connectivity index (χ0n) is 7.73. The Labute approximate surface area is 81.9 Å².